The first-order chi connectivity index (χ1) is 9.61. The largest absolute Gasteiger partial charge is 0.469 e. The summed E-state index contributed by atoms with van der Waals surface area (Å²) in [5.74, 6) is -1.28. The van der Waals surface area contributed by atoms with Crippen LogP contribution in [-0.2, 0) is 9.53 Å². The third-order valence-corrected chi connectivity index (χ3v) is 3.49. The highest BCUT2D eigenvalue weighted by Crippen LogP contribution is 2.22. The van der Waals surface area contributed by atoms with Crippen molar-refractivity contribution in [3.63, 3.8) is 0 Å². The number of hydrogen-bond acceptors (Lipinski definition) is 4. The van der Waals surface area contributed by atoms with Crippen LogP contribution in [0.15, 0.2) is 18.3 Å². The summed E-state index contributed by atoms with van der Waals surface area (Å²) < 4.78 is 17.8. The molecule has 1 aliphatic rings. The van der Waals surface area contributed by atoms with Gasteiger partial charge in [0.05, 0.1) is 13.5 Å². The van der Waals surface area contributed by atoms with Crippen molar-refractivity contribution in [2.24, 2.45) is 0 Å². The highest BCUT2D eigenvalue weighted by molar-refractivity contribution is 5.94. The molecule has 0 saturated carbocycles. The van der Waals surface area contributed by atoms with Crippen molar-refractivity contribution in [1.29, 1.82) is 0 Å². The van der Waals surface area contributed by atoms with Gasteiger partial charge in [0.2, 0.25) is 5.95 Å². The van der Waals surface area contributed by atoms with Crippen LogP contribution in [0.4, 0.5) is 4.39 Å². The maximum absolute atomic E-state index is 13.1. The van der Waals surface area contributed by atoms with Gasteiger partial charge in [-0.2, -0.15) is 4.39 Å². The van der Waals surface area contributed by atoms with Crippen molar-refractivity contribution in [2.45, 2.75) is 31.7 Å². The van der Waals surface area contributed by atoms with E-state index in [1.165, 1.54) is 19.4 Å². The van der Waals surface area contributed by atoms with E-state index in [1.807, 2.05) is 0 Å². The Hall–Kier alpha value is -1.98. The van der Waals surface area contributed by atoms with Crippen LogP contribution in [-0.4, -0.2) is 41.5 Å². The quantitative estimate of drug-likeness (QED) is 0.625. The Kier molecular flexibility index (Phi) is 4.65. The Balaban J connectivity index is 2.15. The van der Waals surface area contributed by atoms with Crippen molar-refractivity contribution in [3.05, 3.63) is 29.8 Å². The number of pyridine rings is 1. The number of nitrogens with zero attached hydrogens (tertiary/aromatic N) is 2. The number of likely N-dealkylation sites (tertiary alicyclic amines) is 1. The lowest BCUT2D eigenvalue weighted by atomic mass is 9.98. The Morgan fingerprint density at radius 1 is 1.50 bits per heavy atom. The molecule has 0 radical (unpaired) electrons. The number of hydrogen-bond donors (Lipinski definition) is 0. The van der Waals surface area contributed by atoms with E-state index in [9.17, 15) is 14.0 Å². The zero-order chi connectivity index (χ0) is 14.5. The molecule has 1 unspecified atom stereocenters. The van der Waals surface area contributed by atoms with Gasteiger partial charge in [-0.05, 0) is 25.3 Å². The van der Waals surface area contributed by atoms with Gasteiger partial charge in [0, 0.05) is 30.4 Å². The number of methoxy groups -OCH3 is 1. The normalized spacial score (nSPS) is 18.7. The summed E-state index contributed by atoms with van der Waals surface area (Å²) in [5, 5.41) is 0. The highest BCUT2D eigenvalue weighted by Gasteiger charge is 2.29. The third-order valence-electron chi connectivity index (χ3n) is 3.49. The number of carbonyl (C=O) groups is 2. The van der Waals surface area contributed by atoms with Gasteiger partial charge in [0.15, 0.2) is 0 Å². The zero-order valence-corrected chi connectivity index (χ0v) is 11.3. The first-order valence-corrected chi connectivity index (χ1v) is 6.61. The van der Waals surface area contributed by atoms with Gasteiger partial charge in [0.1, 0.15) is 0 Å². The van der Waals surface area contributed by atoms with Gasteiger partial charge < -0.3 is 9.64 Å². The second kappa shape index (κ2) is 6.45. The molecule has 0 spiro atoms. The zero-order valence-electron chi connectivity index (χ0n) is 11.3. The minimum Gasteiger partial charge on any atom is -0.469 e. The number of rotatable bonds is 3. The number of aromatic nitrogens is 1. The molecule has 6 heteroatoms. The second-order valence-corrected chi connectivity index (χ2v) is 4.80. The summed E-state index contributed by atoms with van der Waals surface area (Å²) in [6.07, 6.45) is 4.05. The lowest BCUT2D eigenvalue weighted by Crippen LogP contribution is -2.44. The molecule has 5 nitrogen and oxygen atoms in total. The van der Waals surface area contributed by atoms with Crippen LogP contribution in [0.25, 0.3) is 0 Å². The summed E-state index contributed by atoms with van der Waals surface area (Å²) >= 11 is 0. The van der Waals surface area contributed by atoms with E-state index >= 15 is 0 Å². The average Bonchev–Trinajstić information content (AvgIpc) is 2.47. The Morgan fingerprint density at radius 3 is 3.00 bits per heavy atom. The minimum absolute atomic E-state index is 0.176. The minimum atomic E-state index is -0.683. The van der Waals surface area contributed by atoms with Crippen molar-refractivity contribution < 1.29 is 18.7 Å². The van der Waals surface area contributed by atoms with Crippen molar-refractivity contribution >= 4 is 11.9 Å². The average molecular weight is 280 g/mol. The number of amides is 1. The Labute approximate surface area is 116 Å². The lowest BCUT2D eigenvalue weighted by molar-refractivity contribution is -0.142. The first-order valence-electron chi connectivity index (χ1n) is 6.61. The fourth-order valence-electron chi connectivity index (χ4n) is 2.46. The molecule has 2 heterocycles. The van der Waals surface area contributed by atoms with Crippen LogP contribution in [0.5, 0.6) is 0 Å². The second-order valence-electron chi connectivity index (χ2n) is 4.80. The molecular weight excluding hydrogens is 263 g/mol. The summed E-state index contributed by atoms with van der Waals surface area (Å²) in [6.45, 7) is 0.574. The number of carbonyl (C=O) groups excluding carboxylic acids is 2. The van der Waals surface area contributed by atoms with Gasteiger partial charge in [-0.25, -0.2) is 4.98 Å². The summed E-state index contributed by atoms with van der Waals surface area (Å²) in [5.41, 5.74) is 0.259. The Morgan fingerprint density at radius 2 is 2.30 bits per heavy atom. The molecule has 108 valence electrons. The van der Waals surface area contributed by atoms with Crippen LogP contribution < -0.4 is 0 Å². The fraction of sp³-hybridized carbons (Fsp3) is 0.500. The number of piperidine rings is 1. The van der Waals surface area contributed by atoms with Gasteiger partial charge in [-0.15, -0.1) is 0 Å². The van der Waals surface area contributed by atoms with Crippen LogP contribution in [0.2, 0.25) is 0 Å². The van der Waals surface area contributed by atoms with E-state index in [2.05, 4.69) is 9.72 Å². The molecule has 1 aliphatic heterocycles. The summed E-state index contributed by atoms with van der Waals surface area (Å²) in [6, 6.07) is 2.42. The van der Waals surface area contributed by atoms with E-state index in [4.69, 9.17) is 0 Å². The molecule has 20 heavy (non-hydrogen) atoms. The molecule has 1 aromatic rings. The van der Waals surface area contributed by atoms with Gasteiger partial charge in [-0.3, -0.25) is 9.59 Å². The SMILES string of the molecule is COC(=O)CC1CCCCN1C(=O)c1ccnc(F)c1. The van der Waals surface area contributed by atoms with Crippen molar-refractivity contribution in [3.8, 4) is 0 Å². The van der Waals surface area contributed by atoms with Crippen LogP contribution in [0.3, 0.4) is 0 Å². The summed E-state index contributed by atoms with van der Waals surface area (Å²) in [4.78, 5) is 28.9. The molecule has 1 atom stereocenters. The number of ether oxygens (including phenoxy) is 1. The third kappa shape index (κ3) is 3.31. The molecule has 2 rings (SSSR count). The molecule has 1 amide bonds. The standard InChI is InChI=1S/C14H17FN2O3/c1-20-13(18)9-11-4-2-3-7-17(11)14(19)10-5-6-16-12(15)8-10/h5-6,8,11H,2-4,7,9H2,1H3. The van der Waals surface area contributed by atoms with E-state index in [-0.39, 0.29) is 29.9 Å². The first kappa shape index (κ1) is 14.4. The maximum Gasteiger partial charge on any atom is 0.307 e. The molecule has 1 aromatic heterocycles. The van der Waals surface area contributed by atoms with Gasteiger partial charge in [0.25, 0.3) is 5.91 Å². The van der Waals surface area contributed by atoms with Gasteiger partial charge >= 0.3 is 5.97 Å². The number of esters is 1. The maximum atomic E-state index is 13.1. The highest BCUT2D eigenvalue weighted by atomic mass is 19.1. The summed E-state index contributed by atoms with van der Waals surface area (Å²) in [7, 11) is 1.33. The monoisotopic (exact) mass is 280 g/mol. The van der Waals surface area contributed by atoms with Crippen molar-refractivity contribution in [2.75, 3.05) is 13.7 Å². The number of halogens is 1. The molecule has 0 N–H and O–H groups in total. The molecular formula is C14H17FN2O3. The van der Waals surface area contributed by atoms with E-state index in [0.29, 0.717) is 6.54 Å². The van der Waals surface area contributed by atoms with Crippen LogP contribution in [0, 0.1) is 5.95 Å². The molecule has 1 fully saturated rings. The molecule has 1 saturated heterocycles. The Bertz CT molecular complexity index is 507. The van der Waals surface area contributed by atoms with Crippen LogP contribution >= 0.6 is 0 Å². The molecule has 0 aliphatic carbocycles. The van der Waals surface area contributed by atoms with Crippen molar-refractivity contribution in [1.82, 2.24) is 9.88 Å². The lowest BCUT2D eigenvalue weighted by Gasteiger charge is -2.35. The molecule has 0 aromatic carbocycles. The smallest absolute Gasteiger partial charge is 0.307 e. The molecule has 0 bridgehead atoms. The predicted molar refractivity (Wildman–Crippen MR) is 69.5 cm³/mol. The van der Waals surface area contributed by atoms with E-state index in [0.717, 1.165) is 25.3 Å². The van der Waals surface area contributed by atoms with Gasteiger partial charge in [-0.1, -0.05) is 0 Å². The van der Waals surface area contributed by atoms with Crippen LogP contribution in [0.1, 0.15) is 36.0 Å². The fourth-order valence-corrected chi connectivity index (χ4v) is 2.46. The predicted octanol–water partition coefficient (Wildman–Crippen LogP) is 1.78. The van der Waals surface area contributed by atoms with E-state index < -0.39 is 5.95 Å². The van der Waals surface area contributed by atoms with E-state index in [1.54, 1.807) is 4.90 Å². The topological polar surface area (TPSA) is 59.5 Å².